The second kappa shape index (κ2) is 13.9. The van der Waals surface area contributed by atoms with Gasteiger partial charge in [0.15, 0.2) is 5.17 Å². The maximum atomic E-state index is 12.3. The molecule has 7 nitrogen and oxygen atoms in total. The zero-order chi connectivity index (χ0) is 26.0. The number of hydrogen-bond donors (Lipinski definition) is 2. The van der Waals surface area contributed by atoms with E-state index >= 15 is 0 Å². The largest absolute Gasteiger partial charge is 0.493 e. The van der Waals surface area contributed by atoms with Gasteiger partial charge in [0.25, 0.3) is 0 Å². The van der Waals surface area contributed by atoms with Crippen molar-refractivity contribution in [1.29, 1.82) is 5.41 Å². The van der Waals surface area contributed by atoms with E-state index in [0.29, 0.717) is 23.4 Å². The summed E-state index contributed by atoms with van der Waals surface area (Å²) in [5, 5.41) is 9.23. The van der Waals surface area contributed by atoms with Crippen LogP contribution in [0.2, 0.25) is 0 Å². The number of amidine groups is 1. The highest BCUT2D eigenvalue weighted by Gasteiger charge is 2.28. The van der Waals surface area contributed by atoms with Gasteiger partial charge in [0.2, 0.25) is 0 Å². The molecule has 1 saturated heterocycles. The summed E-state index contributed by atoms with van der Waals surface area (Å²) in [6, 6.07) is 3.97. The van der Waals surface area contributed by atoms with Crippen LogP contribution in [0.25, 0.3) is 0 Å². The average molecular weight is 507 g/mol. The molecule has 35 heavy (non-hydrogen) atoms. The molecular weight excluding hydrogens is 460 g/mol. The Kier molecular flexibility index (Phi) is 11.6. The molecule has 1 fully saturated rings. The van der Waals surface area contributed by atoms with Crippen molar-refractivity contribution in [3.05, 3.63) is 28.8 Å². The molecule has 0 spiro atoms. The predicted octanol–water partition coefficient (Wildman–Crippen LogP) is 5.55. The number of unbranched alkanes of at least 4 members (excludes halogenated alkanes) is 1. The van der Waals surface area contributed by atoms with Crippen LogP contribution in [0.3, 0.4) is 0 Å². The zero-order valence-electron chi connectivity index (χ0n) is 22.4. The fourth-order valence-electron chi connectivity index (χ4n) is 4.09. The number of likely N-dealkylation sites (tertiary alicyclic amines) is 1. The van der Waals surface area contributed by atoms with E-state index in [1.54, 1.807) is 0 Å². The van der Waals surface area contributed by atoms with Crippen LogP contribution in [0.5, 0.6) is 5.75 Å². The Morgan fingerprint density at radius 1 is 1.23 bits per heavy atom. The molecular formula is C27H46N4O3S. The minimum atomic E-state index is -0.422. The summed E-state index contributed by atoms with van der Waals surface area (Å²) >= 11 is 1.20. The monoisotopic (exact) mass is 506 g/mol. The molecule has 3 N–H and O–H groups in total. The van der Waals surface area contributed by atoms with E-state index in [9.17, 15) is 4.79 Å². The van der Waals surface area contributed by atoms with Gasteiger partial charge in [0, 0.05) is 20.1 Å². The highest BCUT2D eigenvalue weighted by atomic mass is 32.2. The first-order chi connectivity index (χ1) is 16.5. The van der Waals surface area contributed by atoms with Crippen molar-refractivity contribution in [3.63, 3.8) is 0 Å². The number of thioether (sulfide) groups is 1. The molecule has 0 bridgehead atoms. The normalized spacial score (nSPS) is 15.8. The van der Waals surface area contributed by atoms with Gasteiger partial charge >= 0.3 is 5.97 Å². The van der Waals surface area contributed by atoms with Gasteiger partial charge in [-0.15, -0.1) is 0 Å². The first-order valence-corrected chi connectivity index (χ1v) is 13.6. The Balaban J connectivity index is 0.00000648. The van der Waals surface area contributed by atoms with Gasteiger partial charge in [-0.2, -0.15) is 0 Å². The fourth-order valence-corrected chi connectivity index (χ4v) is 4.69. The molecule has 0 aromatic heterocycles. The van der Waals surface area contributed by atoms with E-state index in [2.05, 4.69) is 16.8 Å². The van der Waals surface area contributed by atoms with Crippen molar-refractivity contribution in [2.45, 2.75) is 79.2 Å². The summed E-state index contributed by atoms with van der Waals surface area (Å²) in [7, 11) is 0. The number of piperidine rings is 1. The van der Waals surface area contributed by atoms with Gasteiger partial charge < -0.3 is 20.1 Å². The van der Waals surface area contributed by atoms with Gasteiger partial charge in [0.05, 0.1) is 12.5 Å². The van der Waals surface area contributed by atoms with Crippen LogP contribution in [-0.2, 0) is 9.53 Å². The van der Waals surface area contributed by atoms with Crippen LogP contribution >= 0.6 is 11.8 Å². The Labute approximate surface area is 217 Å². The lowest BCUT2D eigenvalue weighted by Crippen LogP contribution is -2.39. The van der Waals surface area contributed by atoms with Crippen molar-refractivity contribution in [2.24, 2.45) is 16.6 Å². The number of aliphatic imine (C=N–C) groups is 1. The quantitative estimate of drug-likeness (QED) is 0.187. The molecule has 0 unspecified atom stereocenters. The molecule has 1 heterocycles. The molecule has 0 aliphatic carbocycles. The molecule has 1 aromatic carbocycles. The van der Waals surface area contributed by atoms with E-state index in [1.165, 1.54) is 11.8 Å². The molecule has 2 rings (SSSR count). The molecule has 0 amide bonds. The van der Waals surface area contributed by atoms with Crippen LogP contribution in [0.15, 0.2) is 17.1 Å². The third-order valence-corrected chi connectivity index (χ3v) is 6.68. The molecule has 1 aliphatic heterocycles. The molecule has 1 aromatic rings. The molecule has 1 aliphatic rings. The number of esters is 1. The summed E-state index contributed by atoms with van der Waals surface area (Å²) in [5.41, 5.74) is 8.42. The number of carbonyl (C=O) groups excluding carboxylic acids is 1. The summed E-state index contributed by atoms with van der Waals surface area (Å²) in [6.07, 6.45) is 4.71. The number of nitrogens with two attached hydrogens (primary N) is 1. The second-order valence-corrected chi connectivity index (χ2v) is 11.3. The maximum absolute atomic E-state index is 12.3. The number of nitrogens with one attached hydrogen (secondary N) is 1. The highest BCUT2D eigenvalue weighted by molar-refractivity contribution is 8.26. The maximum Gasteiger partial charge on any atom is 0.309 e. The Bertz CT molecular complexity index is 870. The number of ether oxygens (including phenoxy) is 2. The van der Waals surface area contributed by atoms with Gasteiger partial charge in [-0.05, 0) is 108 Å². The number of carbonyl (C=O) groups is 1. The highest BCUT2D eigenvalue weighted by Crippen LogP contribution is 2.27. The Morgan fingerprint density at radius 2 is 1.86 bits per heavy atom. The third-order valence-electron chi connectivity index (χ3n) is 5.90. The summed E-state index contributed by atoms with van der Waals surface area (Å²) < 4.78 is 11.7. The van der Waals surface area contributed by atoms with E-state index in [-0.39, 0.29) is 13.3 Å². The van der Waals surface area contributed by atoms with Crippen LogP contribution in [0.4, 0.5) is 0 Å². The van der Waals surface area contributed by atoms with E-state index in [4.69, 9.17) is 20.6 Å². The summed E-state index contributed by atoms with van der Waals surface area (Å²) in [6.45, 7) is 16.0. The number of nitrogens with zero attached hydrogens (tertiary/aromatic N) is 2. The van der Waals surface area contributed by atoms with Gasteiger partial charge in [-0.25, -0.2) is 0 Å². The summed E-state index contributed by atoms with van der Waals surface area (Å²) in [4.78, 5) is 19.0. The molecule has 0 radical (unpaired) electrons. The second-order valence-electron chi connectivity index (χ2n) is 10.3. The van der Waals surface area contributed by atoms with Crippen molar-refractivity contribution in [2.75, 3.05) is 32.8 Å². The lowest BCUT2D eigenvalue weighted by molar-refractivity contribution is -0.161. The van der Waals surface area contributed by atoms with Crippen molar-refractivity contribution in [3.8, 4) is 5.75 Å². The lowest BCUT2D eigenvalue weighted by Gasteiger charge is -2.32. The van der Waals surface area contributed by atoms with Gasteiger partial charge in [-0.1, -0.05) is 13.3 Å². The summed E-state index contributed by atoms with van der Waals surface area (Å²) in [5.74, 6) is 0.841. The number of rotatable bonds is 10. The minimum absolute atomic E-state index is 0. The standard InChI is InChI=1S/C27H44N4O3S.H2/c1-7-8-12-30-26(29)35-24(28)22-17-19(2)23(20(3)18-22)33-16-9-13-31-14-10-21(11-15-31)25(32)34-27(4,5)6;/h17-18,21,28H,7-16H2,1-6H3,(H2,29,30);1H. The zero-order valence-corrected chi connectivity index (χ0v) is 23.2. The fraction of sp³-hybridized carbons (Fsp3) is 0.667. The third kappa shape index (κ3) is 10.2. The number of hydrogen-bond acceptors (Lipinski definition) is 7. The molecule has 8 heteroatoms. The molecule has 0 saturated carbocycles. The SMILES string of the molecule is CCCCN=C(N)SC(=N)c1cc(C)c(OCCCN2CCC(C(=O)OC(C)(C)C)CC2)c(C)c1.[HH]. The Hall–Kier alpha value is -2.06. The first kappa shape index (κ1) is 29.2. The average Bonchev–Trinajstić information content (AvgIpc) is 2.77. The van der Waals surface area contributed by atoms with Crippen LogP contribution in [0.1, 0.15) is 77.9 Å². The van der Waals surface area contributed by atoms with Gasteiger partial charge in [0.1, 0.15) is 16.4 Å². The Morgan fingerprint density at radius 3 is 2.43 bits per heavy atom. The predicted molar refractivity (Wildman–Crippen MR) is 149 cm³/mol. The number of benzene rings is 1. The van der Waals surface area contributed by atoms with Crippen molar-refractivity contribution >= 4 is 27.9 Å². The van der Waals surface area contributed by atoms with Crippen LogP contribution < -0.4 is 10.5 Å². The van der Waals surface area contributed by atoms with E-state index < -0.39 is 5.60 Å². The van der Waals surface area contributed by atoms with Crippen molar-refractivity contribution < 1.29 is 15.7 Å². The van der Waals surface area contributed by atoms with Crippen molar-refractivity contribution in [1.82, 2.24) is 4.90 Å². The van der Waals surface area contributed by atoms with E-state index in [1.807, 2.05) is 46.8 Å². The minimum Gasteiger partial charge on any atom is -0.493 e. The smallest absolute Gasteiger partial charge is 0.309 e. The van der Waals surface area contributed by atoms with Crippen LogP contribution in [0, 0.1) is 25.2 Å². The van der Waals surface area contributed by atoms with Gasteiger partial charge in [-0.3, -0.25) is 15.2 Å². The molecule has 198 valence electrons. The first-order valence-electron chi connectivity index (χ1n) is 12.8. The lowest BCUT2D eigenvalue weighted by atomic mass is 9.96. The topological polar surface area (TPSA) is 101 Å². The molecule has 0 atom stereocenters. The van der Waals surface area contributed by atoms with E-state index in [0.717, 1.165) is 74.2 Å². The number of aryl methyl sites for hydroxylation is 2. The van der Waals surface area contributed by atoms with Crippen LogP contribution in [-0.4, -0.2) is 59.5 Å².